The number of benzene rings is 2. The fourth-order valence-corrected chi connectivity index (χ4v) is 3.75. The second kappa shape index (κ2) is 6.45. The van der Waals surface area contributed by atoms with Crippen LogP contribution < -0.4 is 5.32 Å². The molecule has 0 fully saturated rings. The maximum absolute atomic E-state index is 12.6. The Hall–Kier alpha value is -1.59. The molecule has 1 aromatic heterocycles. The molecule has 3 aromatic rings. The summed E-state index contributed by atoms with van der Waals surface area (Å²) in [6.07, 6.45) is 0. The molecular weight excluding hydrogens is 308 g/mol. The van der Waals surface area contributed by atoms with Crippen LogP contribution in [0, 0.1) is 0 Å². The summed E-state index contributed by atoms with van der Waals surface area (Å²) in [6.45, 7) is 0.630. The number of para-hydroxylation sites is 1. The fraction of sp³-hybridized carbons (Fsp3) is 0.125. The lowest BCUT2D eigenvalue weighted by atomic mass is 10.2. The molecule has 0 unspecified atom stereocenters. The van der Waals surface area contributed by atoms with E-state index in [1.54, 1.807) is 23.5 Å². The van der Waals surface area contributed by atoms with Gasteiger partial charge in [0.25, 0.3) is 5.76 Å². The second-order valence-electron chi connectivity index (χ2n) is 4.49. The average Bonchev–Trinajstić information content (AvgIpc) is 2.89. The van der Waals surface area contributed by atoms with Gasteiger partial charge < -0.3 is 5.32 Å². The number of anilines is 1. The van der Waals surface area contributed by atoms with Crippen LogP contribution in [0.4, 0.5) is 14.5 Å². The molecule has 0 aliphatic rings. The highest BCUT2D eigenvalue weighted by molar-refractivity contribution is 7.99. The quantitative estimate of drug-likeness (QED) is 0.594. The molecule has 1 heterocycles. The van der Waals surface area contributed by atoms with E-state index in [9.17, 15) is 8.78 Å². The third-order valence-corrected chi connectivity index (χ3v) is 4.93. The number of rotatable bonds is 5. The first-order chi connectivity index (χ1) is 10.2. The Morgan fingerprint density at radius 1 is 1.05 bits per heavy atom. The summed E-state index contributed by atoms with van der Waals surface area (Å²) >= 11 is 2.27. The van der Waals surface area contributed by atoms with Crippen molar-refractivity contribution in [3.05, 3.63) is 59.5 Å². The molecule has 1 N–H and O–H groups in total. The molecule has 0 aliphatic heterocycles. The number of thiophene rings is 1. The van der Waals surface area contributed by atoms with Crippen molar-refractivity contribution in [2.45, 2.75) is 17.2 Å². The van der Waals surface area contributed by atoms with Gasteiger partial charge in [0.2, 0.25) is 0 Å². The zero-order valence-electron chi connectivity index (χ0n) is 11.1. The zero-order chi connectivity index (χ0) is 14.7. The lowest BCUT2D eigenvalue weighted by Gasteiger charge is -2.11. The van der Waals surface area contributed by atoms with Crippen LogP contribution in [0.25, 0.3) is 10.1 Å². The standard InChI is InChI=1S/C16H13F2NS2/c17-16(18)21-15-8-4-2-6-13(15)19-9-11-10-20-14-7-3-1-5-12(11)14/h1-8,10,16,19H,9H2. The van der Waals surface area contributed by atoms with Crippen LogP contribution in [-0.4, -0.2) is 5.76 Å². The molecule has 5 heteroatoms. The minimum atomic E-state index is -2.41. The molecule has 0 atom stereocenters. The minimum absolute atomic E-state index is 0.573. The van der Waals surface area contributed by atoms with E-state index < -0.39 is 5.76 Å². The van der Waals surface area contributed by atoms with Gasteiger partial charge in [-0.1, -0.05) is 42.1 Å². The second-order valence-corrected chi connectivity index (χ2v) is 6.43. The van der Waals surface area contributed by atoms with Crippen LogP contribution in [0.2, 0.25) is 0 Å². The molecule has 0 saturated heterocycles. The molecule has 0 radical (unpaired) electrons. The Bertz CT molecular complexity index is 740. The van der Waals surface area contributed by atoms with Gasteiger partial charge in [-0.05, 0) is 34.5 Å². The maximum atomic E-state index is 12.6. The van der Waals surface area contributed by atoms with Crippen molar-refractivity contribution < 1.29 is 8.78 Å². The smallest absolute Gasteiger partial charge is 0.288 e. The number of hydrogen-bond acceptors (Lipinski definition) is 3. The number of nitrogens with one attached hydrogen (secondary N) is 1. The van der Waals surface area contributed by atoms with Crippen molar-refractivity contribution >= 4 is 38.9 Å². The molecule has 108 valence electrons. The van der Waals surface area contributed by atoms with Gasteiger partial charge in [0, 0.05) is 21.8 Å². The summed E-state index contributed by atoms with van der Waals surface area (Å²) in [7, 11) is 0. The largest absolute Gasteiger partial charge is 0.380 e. The average molecular weight is 321 g/mol. The summed E-state index contributed by atoms with van der Waals surface area (Å²) in [4.78, 5) is 0.576. The van der Waals surface area contributed by atoms with Crippen molar-refractivity contribution in [3.63, 3.8) is 0 Å². The maximum Gasteiger partial charge on any atom is 0.288 e. The van der Waals surface area contributed by atoms with Crippen molar-refractivity contribution in [1.82, 2.24) is 0 Å². The lowest BCUT2D eigenvalue weighted by Crippen LogP contribution is -2.00. The molecular formula is C16H13F2NS2. The summed E-state index contributed by atoms with van der Waals surface area (Å²) in [5.41, 5.74) is 1.94. The highest BCUT2D eigenvalue weighted by atomic mass is 32.2. The lowest BCUT2D eigenvalue weighted by molar-refractivity contribution is 0.252. The molecule has 21 heavy (non-hydrogen) atoms. The monoisotopic (exact) mass is 321 g/mol. The Labute approximate surface area is 130 Å². The highest BCUT2D eigenvalue weighted by Crippen LogP contribution is 2.32. The first kappa shape index (κ1) is 14.4. The number of hydrogen-bond donors (Lipinski definition) is 1. The Balaban J connectivity index is 1.79. The van der Waals surface area contributed by atoms with Gasteiger partial charge in [0.1, 0.15) is 0 Å². The molecule has 0 bridgehead atoms. The highest BCUT2D eigenvalue weighted by Gasteiger charge is 2.10. The zero-order valence-corrected chi connectivity index (χ0v) is 12.7. The number of halogens is 2. The van der Waals surface area contributed by atoms with Crippen LogP contribution >= 0.6 is 23.1 Å². The molecule has 1 nitrogen and oxygen atoms in total. The van der Waals surface area contributed by atoms with Crippen LogP contribution in [-0.2, 0) is 6.54 Å². The Morgan fingerprint density at radius 2 is 1.81 bits per heavy atom. The summed E-state index contributed by atoms with van der Waals surface area (Å²) in [5, 5.41) is 6.59. The van der Waals surface area contributed by atoms with Gasteiger partial charge in [-0.25, -0.2) is 0 Å². The van der Waals surface area contributed by atoms with Crippen molar-refractivity contribution in [1.29, 1.82) is 0 Å². The number of thioether (sulfide) groups is 1. The third kappa shape index (κ3) is 3.36. The molecule has 0 spiro atoms. The molecule has 0 aliphatic carbocycles. The van der Waals surface area contributed by atoms with E-state index in [-0.39, 0.29) is 0 Å². The van der Waals surface area contributed by atoms with Crippen molar-refractivity contribution in [2.24, 2.45) is 0 Å². The Morgan fingerprint density at radius 3 is 2.67 bits per heavy atom. The first-order valence-corrected chi connectivity index (χ1v) is 8.23. The summed E-state index contributed by atoms with van der Waals surface area (Å²) in [5.74, 6) is -2.41. The predicted octanol–water partition coefficient (Wildman–Crippen LogP) is 5.83. The minimum Gasteiger partial charge on any atom is -0.380 e. The molecule has 0 saturated carbocycles. The van der Waals surface area contributed by atoms with E-state index in [1.165, 1.54) is 15.6 Å². The van der Waals surface area contributed by atoms with Gasteiger partial charge in [0.15, 0.2) is 0 Å². The van der Waals surface area contributed by atoms with E-state index in [0.717, 1.165) is 5.69 Å². The van der Waals surface area contributed by atoms with Crippen molar-refractivity contribution in [2.75, 3.05) is 5.32 Å². The van der Waals surface area contributed by atoms with Crippen LogP contribution in [0.15, 0.2) is 58.8 Å². The number of alkyl halides is 2. The topological polar surface area (TPSA) is 12.0 Å². The first-order valence-electron chi connectivity index (χ1n) is 6.47. The van der Waals surface area contributed by atoms with E-state index in [4.69, 9.17) is 0 Å². The number of fused-ring (bicyclic) bond motifs is 1. The predicted molar refractivity (Wildman–Crippen MR) is 87.5 cm³/mol. The van der Waals surface area contributed by atoms with Gasteiger partial charge in [-0.3, -0.25) is 0 Å². The van der Waals surface area contributed by atoms with E-state index >= 15 is 0 Å². The molecule has 2 aromatic carbocycles. The normalized spacial score (nSPS) is 11.2. The van der Waals surface area contributed by atoms with Crippen LogP contribution in [0.1, 0.15) is 5.56 Å². The van der Waals surface area contributed by atoms with Gasteiger partial charge in [-0.15, -0.1) is 11.3 Å². The fourth-order valence-electron chi connectivity index (χ4n) is 2.17. The van der Waals surface area contributed by atoms with E-state index in [2.05, 4.69) is 22.8 Å². The van der Waals surface area contributed by atoms with Gasteiger partial charge >= 0.3 is 0 Å². The SMILES string of the molecule is FC(F)Sc1ccccc1NCc1csc2ccccc12. The van der Waals surface area contributed by atoms with Crippen LogP contribution in [0.5, 0.6) is 0 Å². The van der Waals surface area contributed by atoms with E-state index in [1.807, 2.05) is 24.3 Å². The summed E-state index contributed by atoms with van der Waals surface area (Å²) < 4.78 is 26.4. The van der Waals surface area contributed by atoms with Gasteiger partial charge in [0.05, 0.1) is 0 Å². The van der Waals surface area contributed by atoms with Crippen molar-refractivity contribution in [3.8, 4) is 0 Å². The van der Waals surface area contributed by atoms with Gasteiger partial charge in [-0.2, -0.15) is 8.78 Å². The third-order valence-electron chi connectivity index (χ3n) is 3.13. The van der Waals surface area contributed by atoms with Crippen LogP contribution in [0.3, 0.4) is 0 Å². The Kier molecular flexibility index (Phi) is 4.41. The molecule has 3 rings (SSSR count). The van der Waals surface area contributed by atoms with E-state index in [0.29, 0.717) is 23.2 Å². The summed E-state index contributed by atoms with van der Waals surface area (Å²) in [6, 6.07) is 15.4. The molecule has 0 amide bonds.